The fourth-order valence-corrected chi connectivity index (χ4v) is 1.28. The van der Waals surface area contributed by atoms with Gasteiger partial charge in [-0.25, -0.2) is 0 Å². The first-order chi connectivity index (χ1) is 6.58. The van der Waals surface area contributed by atoms with E-state index in [9.17, 15) is 13.2 Å². The number of hydrogen-bond acceptors (Lipinski definition) is 3. The Morgan fingerprint density at radius 3 is 2.29 bits per heavy atom. The van der Waals surface area contributed by atoms with Crippen molar-refractivity contribution in [2.45, 2.75) is 13.3 Å². The second-order valence-electron chi connectivity index (χ2n) is 2.48. The molecule has 0 N–H and O–H groups in total. The molecule has 0 fully saturated rings. The highest BCUT2D eigenvalue weighted by atomic mass is 32.2. The van der Waals surface area contributed by atoms with Crippen molar-refractivity contribution in [2.75, 3.05) is 6.54 Å². The predicted molar refractivity (Wildman–Crippen MR) is 56.3 cm³/mol. The van der Waals surface area contributed by atoms with Crippen LogP contribution in [0, 0.1) is 0 Å². The number of nitrogens with zero attached hydrogens (tertiary/aromatic N) is 1. The van der Waals surface area contributed by atoms with Crippen LogP contribution in [0.4, 0.5) is 0 Å². The van der Waals surface area contributed by atoms with Gasteiger partial charge in [-0.05, 0) is 18.7 Å². The molecule has 78 valence electrons. The molecule has 0 aliphatic rings. The molecule has 0 spiro atoms. The molecule has 0 aliphatic heterocycles. The Hall–Kier alpha value is -1.36. The fraction of sp³-hybridized carbons (Fsp3) is 0.333. The van der Waals surface area contributed by atoms with E-state index < -0.39 is 16.2 Å². The zero-order chi connectivity index (χ0) is 11.1. The molecule has 4 nitrogen and oxygen atoms in total. The molecule has 0 aromatic rings. The molecule has 0 rings (SSSR count). The van der Waals surface area contributed by atoms with Crippen LogP contribution in [0.15, 0.2) is 25.4 Å². The molecule has 0 atom stereocenters. The van der Waals surface area contributed by atoms with Crippen molar-refractivity contribution in [3.05, 3.63) is 25.4 Å². The maximum absolute atomic E-state index is 11.5. The van der Waals surface area contributed by atoms with E-state index in [0.29, 0.717) is 6.54 Å². The van der Waals surface area contributed by atoms with Crippen LogP contribution in [0.3, 0.4) is 0 Å². The quantitative estimate of drug-likeness (QED) is 0.498. The molecule has 5 heteroatoms. The van der Waals surface area contributed by atoms with Crippen LogP contribution < -0.4 is 0 Å². The van der Waals surface area contributed by atoms with Gasteiger partial charge >= 0.3 is 0 Å². The van der Waals surface area contributed by atoms with E-state index in [4.69, 9.17) is 0 Å². The normalized spacial score (nSPS) is 8.93. The first-order valence-corrected chi connectivity index (χ1v) is 5.18. The van der Waals surface area contributed by atoms with Crippen molar-refractivity contribution < 1.29 is 13.2 Å². The summed E-state index contributed by atoms with van der Waals surface area (Å²) in [5, 5.41) is 0. The molecule has 0 saturated carbocycles. The number of amides is 1. The highest BCUT2D eigenvalue weighted by molar-refractivity contribution is 7.75. The van der Waals surface area contributed by atoms with Crippen LogP contribution in [0.25, 0.3) is 0 Å². The molecule has 0 bridgehead atoms. The Morgan fingerprint density at radius 1 is 1.43 bits per heavy atom. The largest absolute Gasteiger partial charge is 0.315 e. The second-order valence-corrected chi connectivity index (χ2v) is 3.39. The summed E-state index contributed by atoms with van der Waals surface area (Å²) in [4.78, 5) is 12.4. The minimum atomic E-state index is -2.55. The van der Waals surface area contributed by atoms with E-state index >= 15 is 0 Å². The van der Waals surface area contributed by atoms with Crippen molar-refractivity contribution in [2.24, 2.45) is 0 Å². The predicted octanol–water partition coefficient (Wildman–Crippen LogP) is 0.606. The lowest BCUT2D eigenvalue weighted by Gasteiger charge is -2.15. The van der Waals surface area contributed by atoms with E-state index in [1.807, 2.05) is 6.92 Å². The Morgan fingerprint density at radius 2 is 2.00 bits per heavy atom. The van der Waals surface area contributed by atoms with Crippen molar-refractivity contribution in [1.82, 2.24) is 4.90 Å². The number of rotatable bonds is 5. The summed E-state index contributed by atoms with van der Waals surface area (Å²) in [6.45, 7) is 9.02. The third-order valence-electron chi connectivity index (χ3n) is 1.52. The SMILES string of the molecule is C=CC(C(=O)N(C=C)CCC)=S(=O)=O. The molecular weight excluding hydrogens is 202 g/mol. The minimum Gasteiger partial charge on any atom is -0.315 e. The van der Waals surface area contributed by atoms with Gasteiger partial charge < -0.3 is 4.90 Å². The lowest BCUT2D eigenvalue weighted by molar-refractivity contribution is -0.121. The molecular formula is C9H13NO3S. The molecule has 0 aliphatic carbocycles. The molecule has 0 aromatic heterocycles. The molecule has 0 saturated heterocycles. The van der Waals surface area contributed by atoms with Gasteiger partial charge in [0, 0.05) is 6.54 Å². The molecule has 14 heavy (non-hydrogen) atoms. The van der Waals surface area contributed by atoms with Gasteiger partial charge in [-0.15, -0.1) is 0 Å². The van der Waals surface area contributed by atoms with Gasteiger partial charge in [-0.2, -0.15) is 8.42 Å². The van der Waals surface area contributed by atoms with Gasteiger partial charge in [0.2, 0.25) is 10.3 Å². The summed E-state index contributed by atoms with van der Waals surface area (Å²) in [5.41, 5.74) is 0. The summed E-state index contributed by atoms with van der Waals surface area (Å²) >= 11 is 0. The van der Waals surface area contributed by atoms with E-state index in [0.717, 1.165) is 12.5 Å². The molecule has 0 aromatic carbocycles. The maximum Gasteiger partial charge on any atom is 0.273 e. The first-order valence-electron chi connectivity index (χ1n) is 4.10. The number of carbonyl (C=O) groups is 1. The zero-order valence-corrected chi connectivity index (χ0v) is 8.88. The lowest BCUT2D eigenvalue weighted by Crippen LogP contribution is -2.32. The molecule has 0 radical (unpaired) electrons. The third kappa shape index (κ3) is 3.18. The van der Waals surface area contributed by atoms with Crippen LogP contribution in [-0.4, -0.2) is 30.6 Å². The van der Waals surface area contributed by atoms with E-state index in [-0.39, 0.29) is 4.86 Å². The van der Waals surface area contributed by atoms with E-state index in [2.05, 4.69) is 13.2 Å². The van der Waals surface area contributed by atoms with Gasteiger partial charge in [-0.1, -0.05) is 20.1 Å². The fourth-order valence-electron chi connectivity index (χ4n) is 0.885. The number of hydrogen-bond donors (Lipinski definition) is 0. The standard InChI is InChI=1S/C9H13NO3S/c1-4-7-10(6-3)9(11)8(5-2)14(12)13/h5-6H,2-4,7H2,1H3. The summed E-state index contributed by atoms with van der Waals surface area (Å²) < 4.78 is 21.2. The van der Waals surface area contributed by atoms with Crippen LogP contribution in [0.2, 0.25) is 0 Å². The van der Waals surface area contributed by atoms with Crippen molar-refractivity contribution in [3.8, 4) is 0 Å². The topological polar surface area (TPSA) is 54.5 Å². The van der Waals surface area contributed by atoms with Gasteiger partial charge in [0.1, 0.15) is 0 Å². The van der Waals surface area contributed by atoms with Crippen LogP contribution in [0.1, 0.15) is 13.3 Å². The van der Waals surface area contributed by atoms with Gasteiger partial charge in [-0.3, -0.25) is 4.79 Å². The van der Waals surface area contributed by atoms with E-state index in [1.165, 1.54) is 11.1 Å². The van der Waals surface area contributed by atoms with Gasteiger partial charge in [0.15, 0.2) is 4.86 Å². The molecule has 0 heterocycles. The smallest absolute Gasteiger partial charge is 0.273 e. The monoisotopic (exact) mass is 215 g/mol. The van der Waals surface area contributed by atoms with Crippen LogP contribution >= 0.6 is 0 Å². The lowest BCUT2D eigenvalue weighted by atomic mass is 10.3. The van der Waals surface area contributed by atoms with E-state index in [1.54, 1.807) is 0 Å². The zero-order valence-electron chi connectivity index (χ0n) is 8.06. The van der Waals surface area contributed by atoms with Gasteiger partial charge in [0.05, 0.1) is 0 Å². The van der Waals surface area contributed by atoms with Gasteiger partial charge in [0.25, 0.3) is 5.91 Å². The first kappa shape index (κ1) is 12.6. The minimum absolute atomic E-state index is 0.335. The average molecular weight is 215 g/mol. The molecule has 0 unspecified atom stereocenters. The summed E-state index contributed by atoms with van der Waals surface area (Å²) in [7, 11) is -2.55. The van der Waals surface area contributed by atoms with Crippen LogP contribution in [-0.2, 0) is 15.1 Å². The Kier molecular flexibility index (Phi) is 5.55. The maximum atomic E-state index is 11.5. The number of carbonyl (C=O) groups excluding carboxylic acids is 1. The van der Waals surface area contributed by atoms with Crippen LogP contribution in [0.5, 0.6) is 0 Å². The average Bonchev–Trinajstić information content (AvgIpc) is 2.14. The summed E-state index contributed by atoms with van der Waals surface area (Å²) in [6, 6.07) is 0. The third-order valence-corrected chi connectivity index (χ3v) is 2.22. The summed E-state index contributed by atoms with van der Waals surface area (Å²) in [5.74, 6) is -0.592. The Bertz CT molecular complexity index is 360. The van der Waals surface area contributed by atoms with Crippen molar-refractivity contribution >= 4 is 21.1 Å². The Labute approximate surface area is 85.1 Å². The van der Waals surface area contributed by atoms with Crippen molar-refractivity contribution in [1.29, 1.82) is 0 Å². The molecule has 1 amide bonds. The summed E-state index contributed by atoms with van der Waals surface area (Å²) in [6.07, 6.45) is 3.06. The highest BCUT2D eigenvalue weighted by Crippen LogP contribution is 1.95. The highest BCUT2D eigenvalue weighted by Gasteiger charge is 2.15. The van der Waals surface area contributed by atoms with Crippen molar-refractivity contribution in [3.63, 3.8) is 0 Å². The Balaban J connectivity index is 5.01. The second kappa shape index (κ2) is 6.15.